The minimum atomic E-state index is 0.678. The van der Waals surface area contributed by atoms with Crippen molar-refractivity contribution in [2.24, 2.45) is 0 Å². The minimum Gasteiger partial charge on any atom is -0.496 e. The molecule has 0 unspecified atom stereocenters. The number of rotatable bonds is 6. The zero-order valence-corrected chi connectivity index (χ0v) is 13.3. The topological polar surface area (TPSA) is 30.5 Å². The van der Waals surface area contributed by atoms with E-state index in [0.717, 1.165) is 38.9 Å². The zero-order valence-electron chi connectivity index (χ0n) is 11.7. The standard InChI is InChI=1S/C16H18BrNO2/c1-4-9-18-10-13-14(17)16(20-3)12-8-6-5-7-11(12)15(13)19-2/h4-8,18H,1,9-10H2,2-3H3. The van der Waals surface area contributed by atoms with Gasteiger partial charge in [-0.1, -0.05) is 30.3 Å². The van der Waals surface area contributed by atoms with Gasteiger partial charge in [0.25, 0.3) is 0 Å². The molecule has 0 heterocycles. The first-order valence-corrected chi connectivity index (χ1v) is 7.16. The Morgan fingerprint density at radius 1 is 1.15 bits per heavy atom. The number of benzene rings is 2. The summed E-state index contributed by atoms with van der Waals surface area (Å²) < 4.78 is 12.1. The zero-order chi connectivity index (χ0) is 14.5. The predicted octanol–water partition coefficient (Wildman–Crippen LogP) is 3.90. The fraction of sp³-hybridized carbons (Fsp3) is 0.250. The third-order valence-corrected chi connectivity index (χ3v) is 3.99. The van der Waals surface area contributed by atoms with Gasteiger partial charge >= 0.3 is 0 Å². The fourth-order valence-corrected chi connectivity index (χ4v) is 2.98. The van der Waals surface area contributed by atoms with Crippen LogP contribution in [0.4, 0.5) is 0 Å². The molecule has 0 spiro atoms. The quantitative estimate of drug-likeness (QED) is 0.641. The molecule has 1 N–H and O–H groups in total. The van der Waals surface area contributed by atoms with Gasteiger partial charge in [0.2, 0.25) is 0 Å². The number of fused-ring (bicyclic) bond motifs is 1. The molecule has 0 saturated carbocycles. The van der Waals surface area contributed by atoms with Crippen LogP contribution in [-0.4, -0.2) is 20.8 Å². The molecule has 106 valence electrons. The Morgan fingerprint density at radius 3 is 2.30 bits per heavy atom. The molecule has 20 heavy (non-hydrogen) atoms. The Morgan fingerprint density at radius 2 is 1.75 bits per heavy atom. The van der Waals surface area contributed by atoms with Crippen LogP contribution >= 0.6 is 15.9 Å². The van der Waals surface area contributed by atoms with Gasteiger partial charge in [0.1, 0.15) is 11.5 Å². The maximum Gasteiger partial charge on any atom is 0.141 e. The van der Waals surface area contributed by atoms with Crippen LogP contribution < -0.4 is 14.8 Å². The highest BCUT2D eigenvalue weighted by Gasteiger charge is 2.18. The highest BCUT2D eigenvalue weighted by Crippen LogP contribution is 2.43. The monoisotopic (exact) mass is 335 g/mol. The third kappa shape index (κ3) is 2.67. The van der Waals surface area contributed by atoms with Gasteiger partial charge in [-0.05, 0) is 15.9 Å². The van der Waals surface area contributed by atoms with E-state index < -0.39 is 0 Å². The Bertz CT molecular complexity index is 625. The predicted molar refractivity (Wildman–Crippen MR) is 86.7 cm³/mol. The number of ether oxygens (including phenoxy) is 2. The lowest BCUT2D eigenvalue weighted by Gasteiger charge is -2.18. The second-order valence-electron chi connectivity index (χ2n) is 4.32. The molecular weight excluding hydrogens is 318 g/mol. The van der Waals surface area contributed by atoms with Crippen molar-refractivity contribution >= 4 is 26.7 Å². The summed E-state index contributed by atoms with van der Waals surface area (Å²) in [6.45, 7) is 5.13. The first-order valence-electron chi connectivity index (χ1n) is 6.37. The van der Waals surface area contributed by atoms with Gasteiger partial charge in [-0.2, -0.15) is 0 Å². The van der Waals surface area contributed by atoms with Crippen molar-refractivity contribution in [3.8, 4) is 11.5 Å². The highest BCUT2D eigenvalue weighted by molar-refractivity contribution is 9.10. The van der Waals surface area contributed by atoms with Gasteiger partial charge < -0.3 is 14.8 Å². The van der Waals surface area contributed by atoms with Gasteiger partial charge in [0.05, 0.1) is 18.7 Å². The van der Waals surface area contributed by atoms with Crippen molar-refractivity contribution in [3.05, 3.63) is 47.0 Å². The number of hydrogen-bond acceptors (Lipinski definition) is 3. The molecule has 0 radical (unpaired) electrons. The van der Waals surface area contributed by atoms with E-state index in [2.05, 4.69) is 27.8 Å². The molecule has 0 amide bonds. The Hall–Kier alpha value is -1.52. The van der Waals surface area contributed by atoms with Crippen LogP contribution in [0.15, 0.2) is 41.4 Å². The maximum atomic E-state index is 5.62. The molecule has 0 bridgehead atoms. The summed E-state index contributed by atoms with van der Waals surface area (Å²) in [5, 5.41) is 5.38. The largest absolute Gasteiger partial charge is 0.496 e. The van der Waals surface area contributed by atoms with Gasteiger partial charge in [-0.3, -0.25) is 0 Å². The number of methoxy groups -OCH3 is 2. The van der Waals surface area contributed by atoms with Crippen molar-refractivity contribution in [3.63, 3.8) is 0 Å². The van der Waals surface area contributed by atoms with E-state index in [1.54, 1.807) is 14.2 Å². The summed E-state index contributed by atoms with van der Waals surface area (Å²) in [4.78, 5) is 0. The first-order chi connectivity index (χ1) is 9.74. The lowest BCUT2D eigenvalue weighted by molar-refractivity contribution is 0.402. The fourth-order valence-electron chi connectivity index (χ4n) is 2.29. The van der Waals surface area contributed by atoms with E-state index in [1.165, 1.54) is 0 Å². The van der Waals surface area contributed by atoms with Crippen LogP contribution in [0.5, 0.6) is 11.5 Å². The number of hydrogen-bond donors (Lipinski definition) is 1. The van der Waals surface area contributed by atoms with E-state index in [1.807, 2.05) is 30.3 Å². The molecular formula is C16H18BrNO2. The average Bonchev–Trinajstić information content (AvgIpc) is 2.48. The maximum absolute atomic E-state index is 5.62. The second kappa shape index (κ2) is 6.77. The second-order valence-corrected chi connectivity index (χ2v) is 5.12. The normalized spacial score (nSPS) is 10.6. The van der Waals surface area contributed by atoms with Crippen molar-refractivity contribution in [2.75, 3.05) is 20.8 Å². The van der Waals surface area contributed by atoms with Crippen LogP contribution in [-0.2, 0) is 6.54 Å². The van der Waals surface area contributed by atoms with Crippen molar-refractivity contribution in [1.82, 2.24) is 5.32 Å². The Balaban J connectivity index is 2.65. The average molecular weight is 336 g/mol. The Kier molecular flexibility index (Phi) is 5.04. The molecule has 3 nitrogen and oxygen atoms in total. The molecule has 0 aliphatic rings. The summed E-state index contributed by atoms with van der Waals surface area (Å²) in [6.07, 6.45) is 1.83. The molecule has 0 fully saturated rings. The SMILES string of the molecule is C=CCNCc1c(Br)c(OC)c2ccccc2c1OC. The van der Waals surface area contributed by atoms with E-state index in [0.29, 0.717) is 6.54 Å². The summed E-state index contributed by atoms with van der Waals surface area (Å²) in [5.74, 6) is 1.70. The van der Waals surface area contributed by atoms with E-state index in [4.69, 9.17) is 9.47 Å². The molecule has 0 saturated heterocycles. The first kappa shape index (κ1) is 14.9. The summed E-state index contributed by atoms with van der Waals surface area (Å²) in [6, 6.07) is 8.06. The molecule has 2 rings (SSSR count). The van der Waals surface area contributed by atoms with Gasteiger partial charge in [-0.25, -0.2) is 0 Å². The summed E-state index contributed by atoms with van der Waals surface area (Å²) in [5.41, 5.74) is 1.05. The summed E-state index contributed by atoms with van der Waals surface area (Å²) in [7, 11) is 3.37. The molecule has 4 heteroatoms. The van der Waals surface area contributed by atoms with E-state index in [-0.39, 0.29) is 0 Å². The van der Waals surface area contributed by atoms with Crippen LogP contribution in [0, 0.1) is 0 Å². The van der Waals surface area contributed by atoms with Gasteiger partial charge in [0.15, 0.2) is 0 Å². The van der Waals surface area contributed by atoms with Crippen LogP contribution in [0.1, 0.15) is 5.56 Å². The van der Waals surface area contributed by atoms with E-state index >= 15 is 0 Å². The number of nitrogens with one attached hydrogen (secondary N) is 1. The molecule has 2 aromatic rings. The molecule has 0 aliphatic carbocycles. The third-order valence-electron chi connectivity index (χ3n) is 3.15. The van der Waals surface area contributed by atoms with Gasteiger partial charge in [0, 0.05) is 29.4 Å². The van der Waals surface area contributed by atoms with Crippen LogP contribution in [0.2, 0.25) is 0 Å². The highest BCUT2D eigenvalue weighted by atomic mass is 79.9. The minimum absolute atomic E-state index is 0.678. The molecule has 0 aliphatic heterocycles. The van der Waals surface area contributed by atoms with E-state index in [9.17, 15) is 0 Å². The smallest absolute Gasteiger partial charge is 0.141 e. The molecule has 0 atom stereocenters. The van der Waals surface area contributed by atoms with Crippen LogP contribution in [0.3, 0.4) is 0 Å². The molecule has 0 aromatic heterocycles. The van der Waals surface area contributed by atoms with Crippen molar-refractivity contribution in [1.29, 1.82) is 0 Å². The van der Waals surface area contributed by atoms with Crippen LogP contribution in [0.25, 0.3) is 10.8 Å². The van der Waals surface area contributed by atoms with Crippen molar-refractivity contribution < 1.29 is 9.47 Å². The Labute approximate surface area is 127 Å². The molecule has 2 aromatic carbocycles. The lowest BCUT2D eigenvalue weighted by atomic mass is 10.0. The van der Waals surface area contributed by atoms with Crippen molar-refractivity contribution in [2.45, 2.75) is 6.54 Å². The van der Waals surface area contributed by atoms with Gasteiger partial charge in [-0.15, -0.1) is 6.58 Å². The lowest BCUT2D eigenvalue weighted by Crippen LogP contribution is -2.14. The summed E-state index contributed by atoms with van der Waals surface area (Å²) >= 11 is 3.64. The number of halogens is 1.